The Bertz CT molecular complexity index is 628. The van der Waals surface area contributed by atoms with Crippen molar-refractivity contribution >= 4 is 23.4 Å². The van der Waals surface area contributed by atoms with Gasteiger partial charge in [-0.3, -0.25) is 9.69 Å². The predicted octanol–water partition coefficient (Wildman–Crippen LogP) is 1.29. The molecule has 7 nitrogen and oxygen atoms in total. The zero-order valence-electron chi connectivity index (χ0n) is 14.1. The molecule has 0 aromatic heterocycles. The lowest BCUT2D eigenvalue weighted by Gasteiger charge is -2.30. The molecule has 130 valence electrons. The van der Waals surface area contributed by atoms with Gasteiger partial charge in [-0.2, -0.15) is 0 Å². The number of amides is 2. The summed E-state index contributed by atoms with van der Waals surface area (Å²) in [5, 5.41) is 2.68. The van der Waals surface area contributed by atoms with E-state index in [1.807, 2.05) is 25.1 Å². The first-order chi connectivity index (χ1) is 11.5. The van der Waals surface area contributed by atoms with E-state index in [1.54, 1.807) is 4.90 Å². The van der Waals surface area contributed by atoms with E-state index < -0.39 is 0 Å². The molecule has 2 aliphatic rings. The van der Waals surface area contributed by atoms with Gasteiger partial charge in [0.05, 0.1) is 26.3 Å². The SMILES string of the molecule is CC(=O)NCC1CN(c2ccc(N3CCOCC3)c(C)c2)C(=O)O1. The van der Waals surface area contributed by atoms with E-state index in [0.717, 1.165) is 37.6 Å². The summed E-state index contributed by atoms with van der Waals surface area (Å²) in [6, 6.07) is 6.00. The van der Waals surface area contributed by atoms with Gasteiger partial charge in [-0.25, -0.2) is 4.79 Å². The summed E-state index contributed by atoms with van der Waals surface area (Å²) < 4.78 is 10.7. The Hall–Kier alpha value is -2.28. The Morgan fingerprint density at radius 3 is 2.75 bits per heavy atom. The van der Waals surface area contributed by atoms with Gasteiger partial charge < -0.3 is 19.7 Å². The average Bonchev–Trinajstić information content (AvgIpc) is 2.94. The first-order valence-electron chi connectivity index (χ1n) is 8.20. The van der Waals surface area contributed by atoms with Gasteiger partial charge in [0.25, 0.3) is 0 Å². The van der Waals surface area contributed by atoms with Gasteiger partial charge in [0.1, 0.15) is 6.10 Å². The normalized spacial score (nSPS) is 20.9. The predicted molar refractivity (Wildman–Crippen MR) is 90.5 cm³/mol. The molecule has 1 aromatic carbocycles. The molecule has 24 heavy (non-hydrogen) atoms. The minimum Gasteiger partial charge on any atom is -0.442 e. The van der Waals surface area contributed by atoms with Crippen LogP contribution in [0.15, 0.2) is 18.2 Å². The van der Waals surface area contributed by atoms with E-state index >= 15 is 0 Å². The zero-order valence-corrected chi connectivity index (χ0v) is 14.1. The maximum atomic E-state index is 12.1. The molecule has 0 saturated carbocycles. The number of morpholine rings is 1. The van der Waals surface area contributed by atoms with Crippen molar-refractivity contribution in [3.05, 3.63) is 23.8 Å². The molecule has 1 atom stereocenters. The van der Waals surface area contributed by atoms with Crippen LogP contribution >= 0.6 is 0 Å². The van der Waals surface area contributed by atoms with Crippen molar-refractivity contribution in [2.24, 2.45) is 0 Å². The van der Waals surface area contributed by atoms with Crippen LogP contribution in [0.3, 0.4) is 0 Å². The third-order valence-corrected chi connectivity index (χ3v) is 4.30. The van der Waals surface area contributed by atoms with Crippen molar-refractivity contribution in [2.75, 3.05) is 49.2 Å². The Balaban J connectivity index is 1.69. The summed E-state index contributed by atoms with van der Waals surface area (Å²) in [6.07, 6.45) is -0.690. The lowest BCUT2D eigenvalue weighted by molar-refractivity contribution is -0.119. The third kappa shape index (κ3) is 3.62. The van der Waals surface area contributed by atoms with E-state index in [1.165, 1.54) is 12.6 Å². The average molecular weight is 333 g/mol. The monoisotopic (exact) mass is 333 g/mol. The molecule has 1 N–H and O–H groups in total. The second-order valence-electron chi connectivity index (χ2n) is 6.12. The fourth-order valence-corrected chi connectivity index (χ4v) is 3.06. The smallest absolute Gasteiger partial charge is 0.414 e. The topological polar surface area (TPSA) is 71.1 Å². The highest BCUT2D eigenvalue weighted by atomic mass is 16.6. The minimum atomic E-state index is -0.371. The van der Waals surface area contributed by atoms with Crippen LogP contribution in [0.25, 0.3) is 0 Å². The van der Waals surface area contributed by atoms with Crippen molar-refractivity contribution in [3.63, 3.8) is 0 Å². The number of anilines is 2. The largest absolute Gasteiger partial charge is 0.442 e. The number of benzene rings is 1. The number of nitrogens with zero attached hydrogens (tertiary/aromatic N) is 2. The maximum Gasteiger partial charge on any atom is 0.414 e. The summed E-state index contributed by atoms with van der Waals surface area (Å²) in [4.78, 5) is 27.0. The van der Waals surface area contributed by atoms with Crippen molar-refractivity contribution in [1.82, 2.24) is 5.32 Å². The molecule has 2 amide bonds. The number of rotatable bonds is 4. The first-order valence-corrected chi connectivity index (χ1v) is 8.20. The number of cyclic esters (lactones) is 1. The Labute approximate surface area is 141 Å². The van der Waals surface area contributed by atoms with Crippen LogP contribution in [0.4, 0.5) is 16.2 Å². The number of hydrogen-bond donors (Lipinski definition) is 1. The number of aryl methyl sites for hydroxylation is 1. The van der Waals surface area contributed by atoms with Gasteiger partial charge in [0.15, 0.2) is 0 Å². The first kappa shape index (κ1) is 16.6. The number of carbonyl (C=O) groups is 2. The van der Waals surface area contributed by atoms with Crippen molar-refractivity contribution in [1.29, 1.82) is 0 Å². The molecule has 2 fully saturated rings. The molecule has 2 aliphatic heterocycles. The maximum absolute atomic E-state index is 12.1. The molecule has 1 aromatic rings. The van der Waals surface area contributed by atoms with E-state index in [0.29, 0.717) is 13.1 Å². The van der Waals surface area contributed by atoms with Crippen LogP contribution in [0, 0.1) is 6.92 Å². The summed E-state index contributed by atoms with van der Waals surface area (Å²) in [5.41, 5.74) is 3.11. The Kier molecular flexibility index (Phi) is 4.89. The lowest BCUT2D eigenvalue weighted by Crippen LogP contribution is -2.36. The zero-order chi connectivity index (χ0) is 17.1. The summed E-state index contributed by atoms with van der Waals surface area (Å²) >= 11 is 0. The molecule has 2 saturated heterocycles. The molecule has 3 rings (SSSR count). The van der Waals surface area contributed by atoms with Crippen LogP contribution in [-0.2, 0) is 14.3 Å². The van der Waals surface area contributed by atoms with Crippen molar-refractivity contribution < 1.29 is 19.1 Å². The second-order valence-corrected chi connectivity index (χ2v) is 6.12. The van der Waals surface area contributed by atoms with Crippen LogP contribution in [-0.4, -0.2) is 57.5 Å². The van der Waals surface area contributed by atoms with Crippen LogP contribution < -0.4 is 15.1 Å². The molecule has 0 spiro atoms. The fraction of sp³-hybridized carbons (Fsp3) is 0.529. The highest BCUT2D eigenvalue weighted by Crippen LogP contribution is 2.28. The third-order valence-electron chi connectivity index (χ3n) is 4.30. The van der Waals surface area contributed by atoms with E-state index in [-0.39, 0.29) is 18.1 Å². The molecule has 7 heteroatoms. The molecule has 0 radical (unpaired) electrons. The Morgan fingerprint density at radius 1 is 1.33 bits per heavy atom. The van der Waals surface area contributed by atoms with Crippen LogP contribution in [0.2, 0.25) is 0 Å². The molecular weight excluding hydrogens is 310 g/mol. The minimum absolute atomic E-state index is 0.129. The van der Waals surface area contributed by atoms with Gasteiger partial charge in [-0.15, -0.1) is 0 Å². The van der Waals surface area contributed by atoms with Gasteiger partial charge >= 0.3 is 6.09 Å². The molecular formula is C17H23N3O4. The van der Waals surface area contributed by atoms with Gasteiger partial charge in [-0.05, 0) is 30.7 Å². The van der Waals surface area contributed by atoms with Gasteiger partial charge in [0, 0.05) is 31.4 Å². The molecule has 0 bridgehead atoms. The van der Waals surface area contributed by atoms with Crippen molar-refractivity contribution in [3.8, 4) is 0 Å². The Morgan fingerprint density at radius 2 is 2.08 bits per heavy atom. The second kappa shape index (κ2) is 7.09. The van der Waals surface area contributed by atoms with Gasteiger partial charge in [-0.1, -0.05) is 0 Å². The van der Waals surface area contributed by atoms with E-state index in [4.69, 9.17) is 9.47 Å². The summed E-state index contributed by atoms with van der Waals surface area (Å²) in [5.74, 6) is -0.129. The van der Waals surface area contributed by atoms with E-state index in [9.17, 15) is 9.59 Å². The fourth-order valence-electron chi connectivity index (χ4n) is 3.06. The molecule has 2 heterocycles. The quantitative estimate of drug-likeness (QED) is 0.899. The van der Waals surface area contributed by atoms with Crippen LogP contribution in [0.1, 0.15) is 12.5 Å². The lowest BCUT2D eigenvalue weighted by atomic mass is 10.1. The molecule has 0 aliphatic carbocycles. The van der Waals surface area contributed by atoms with Crippen molar-refractivity contribution in [2.45, 2.75) is 20.0 Å². The van der Waals surface area contributed by atoms with Crippen LogP contribution in [0.5, 0.6) is 0 Å². The number of carbonyl (C=O) groups excluding carboxylic acids is 2. The number of hydrogen-bond acceptors (Lipinski definition) is 5. The summed E-state index contributed by atoms with van der Waals surface area (Å²) in [7, 11) is 0. The highest BCUT2D eigenvalue weighted by Gasteiger charge is 2.32. The number of nitrogens with one attached hydrogen (secondary N) is 1. The van der Waals surface area contributed by atoms with E-state index in [2.05, 4.69) is 10.2 Å². The highest BCUT2D eigenvalue weighted by molar-refractivity contribution is 5.90. The number of ether oxygens (including phenoxy) is 2. The molecule has 1 unspecified atom stereocenters. The summed E-state index contributed by atoms with van der Waals surface area (Å²) in [6.45, 7) is 7.51. The standard InChI is InChI=1S/C17H23N3O4/c1-12-9-14(3-4-16(12)19-5-7-23-8-6-19)20-11-15(24-17(20)22)10-18-13(2)21/h3-4,9,15H,5-8,10-11H2,1-2H3,(H,18,21). The van der Waals surface area contributed by atoms with Gasteiger partial charge in [0.2, 0.25) is 5.91 Å².